The molecule has 0 amide bonds. The highest BCUT2D eigenvalue weighted by Gasteiger charge is 2.18. The van der Waals surface area contributed by atoms with E-state index in [1.54, 1.807) is 6.07 Å². The first-order valence-electron chi connectivity index (χ1n) is 4.65. The molecular weight excluding hydrogens is 238 g/mol. The molecule has 0 spiro atoms. The van der Waals surface area contributed by atoms with Gasteiger partial charge in [0.2, 0.25) is 0 Å². The molecule has 1 rings (SSSR count). The maximum atomic E-state index is 6.17. The summed E-state index contributed by atoms with van der Waals surface area (Å²) >= 11 is 18.2. The van der Waals surface area contributed by atoms with Crippen molar-refractivity contribution >= 4 is 34.8 Å². The molecule has 2 unspecified atom stereocenters. The van der Waals surface area contributed by atoms with Crippen LogP contribution in [0.1, 0.15) is 31.7 Å². The molecule has 0 nitrogen and oxygen atoms in total. The molecule has 1 aromatic rings. The smallest absolute Gasteiger partial charge is 0.0627 e. The summed E-state index contributed by atoms with van der Waals surface area (Å²) in [6.45, 7) is 4.13. The summed E-state index contributed by atoms with van der Waals surface area (Å²) < 4.78 is 0. The molecule has 0 heterocycles. The van der Waals surface area contributed by atoms with Gasteiger partial charge in [0.15, 0.2) is 0 Å². The molecule has 1 aromatic carbocycles. The van der Waals surface area contributed by atoms with Gasteiger partial charge in [-0.05, 0) is 24.0 Å². The Kier molecular flexibility index (Phi) is 4.56. The molecule has 2 atom stereocenters. The second-order valence-electron chi connectivity index (χ2n) is 3.36. The monoisotopic (exact) mass is 250 g/mol. The van der Waals surface area contributed by atoms with Crippen molar-refractivity contribution in [3.05, 3.63) is 33.8 Å². The molecule has 0 aromatic heterocycles. The van der Waals surface area contributed by atoms with Gasteiger partial charge in [-0.2, -0.15) is 0 Å². The van der Waals surface area contributed by atoms with E-state index in [-0.39, 0.29) is 11.3 Å². The third-order valence-electron chi connectivity index (χ3n) is 2.40. The van der Waals surface area contributed by atoms with Gasteiger partial charge in [-0.3, -0.25) is 0 Å². The van der Waals surface area contributed by atoms with Crippen molar-refractivity contribution in [2.75, 3.05) is 0 Å². The van der Waals surface area contributed by atoms with Crippen LogP contribution in [-0.4, -0.2) is 5.38 Å². The highest BCUT2D eigenvalue weighted by molar-refractivity contribution is 6.42. The summed E-state index contributed by atoms with van der Waals surface area (Å²) in [5.41, 5.74) is 1.03. The average Bonchev–Trinajstić information content (AvgIpc) is 2.20. The van der Waals surface area contributed by atoms with Crippen molar-refractivity contribution in [2.45, 2.75) is 31.6 Å². The van der Waals surface area contributed by atoms with Gasteiger partial charge >= 0.3 is 0 Å². The fraction of sp³-hybridized carbons (Fsp3) is 0.455. The van der Waals surface area contributed by atoms with E-state index in [1.165, 1.54) is 0 Å². The Bertz CT molecular complexity index is 309. The maximum absolute atomic E-state index is 6.17. The first kappa shape index (κ1) is 12.2. The molecule has 0 fully saturated rings. The van der Waals surface area contributed by atoms with Crippen LogP contribution in [0.5, 0.6) is 0 Å². The van der Waals surface area contributed by atoms with Crippen LogP contribution >= 0.6 is 34.8 Å². The van der Waals surface area contributed by atoms with E-state index in [1.807, 2.05) is 12.1 Å². The second kappa shape index (κ2) is 5.25. The molecule has 0 saturated carbocycles. The zero-order valence-corrected chi connectivity index (χ0v) is 10.5. The minimum absolute atomic E-state index is 0.103. The van der Waals surface area contributed by atoms with Crippen LogP contribution in [0.15, 0.2) is 18.2 Å². The lowest BCUT2D eigenvalue weighted by molar-refractivity contribution is 0.675. The number of rotatable bonds is 3. The summed E-state index contributed by atoms with van der Waals surface area (Å²) in [6.07, 6.45) is 0.922. The average molecular weight is 252 g/mol. The maximum Gasteiger partial charge on any atom is 0.0627 e. The molecular formula is C11H13Cl3. The molecule has 0 aliphatic heterocycles. The highest BCUT2D eigenvalue weighted by Crippen LogP contribution is 2.34. The van der Waals surface area contributed by atoms with Crippen LogP contribution in [-0.2, 0) is 0 Å². The third kappa shape index (κ3) is 2.56. The minimum atomic E-state index is 0.103. The summed E-state index contributed by atoms with van der Waals surface area (Å²) in [6, 6.07) is 5.67. The lowest BCUT2D eigenvalue weighted by Gasteiger charge is -2.18. The minimum Gasteiger partial charge on any atom is -0.122 e. The Balaban J connectivity index is 3.01. The van der Waals surface area contributed by atoms with E-state index < -0.39 is 0 Å². The first-order chi connectivity index (χ1) is 6.57. The van der Waals surface area contributed by atoms with E-state index in [4.69, 9.17) is 34.8 Å². The fourth-order valence-corrected chi connectivity index (χ4v) is 2.04. The predicted octanol–water partition coefficient (Wildman–Crippen LogP) is 5.11. The SMILES string of the molecule is CCC(Cl)C(C)c1cccc(Cl)c1Cl. The number of hydrogen-bond donors (Lipinski definition) is 0. The van der Waals surface area contributed by atoms with Gasteiger partial charge in [0.1, 0.15) is 0 Å². The third-order valence-corrected chi connectivity index (χ3v) is 3.92. The zero-order valence-electron chi connectivity index (χ0n) is 8.23. The van der Waals surface area contributed by atoms with Gasteiger partial charge in [0.25, 0.3) is 0 Å². The molecule has 14 heavy (non-hydrogen) atoms. The molecule has 0 bridgehead atoms. The fourth-order valence-electron chi connectivity index (χ4n) is 1.42. The predicted molar refractivity (Wildman–Crippen MR) is 64.8 cm³/mol. The normalized spacial score (nSPS) is 15.2. The second-order valence-corrected chi connectivity index (χ2v) is 4.70. The molecule has 0 radical (unpaired) electrons. The summed E-state index contributed by atoms with van der Waals surface area (Å²) in [7, 11) is 0. The summed E-state index contributed by atoms with van der Waals surface area (Å²) in [4.78, 5) is 0. The van der Waals surface area contributed by atoms with Crippen LogP contribution < -0.4 is 0 Å². The number of benzene rings is 1. The van der Waals surface area contributed by atoms with Crippen LogP contribution in [0.4, 0.5) is 0 Å². The summed E-state index contributed by atoms with van der Waals surface area (Å²) in [5, 5.41) is 1.32. The Labute approximate surface area is 100 Å². The van der Waals surface area contributed by atoms with Crippen LogP contribution in [0.25, 0.3) is 0 Å². The van der Waals surface area contributed by atoms with Gasteiger partial charge in [0, 0.05) is 5.38 Å². The zero-order chi connectivity index (χ0) is 10.7. The quantitative estimate of drug-likeness (QED) is 0.655. The number of hydrogen-bond acceptors (Lipinski definition) is 0. The van der Waals surface area contributed by atoms with Crippen LogP contribution in [0.3, 0.4) is 0 Å². The summed E-state index contributed by atoms with van der Waals surface area (Å²) in [5.74, 6) is 0.230. The Hall–Kier alpha value is 0.0900. The van der Waals surface area contributed by atoms with Gasteiger partial charge in [0.05, 0.1) is 10.0 Å². The van der Waals surface area contributed by atoms with Crippen molar-refractivity contribution in [3.63, 3.8) is 0 Å². The molecule has 0 saturated heterocycles. The molecule has 0 aliphatic rings. The Morgan fingerprint density at radius 2 is 1.93 bits per heavy atom. The molecule has 78 valence electrons. The van der Waals surface area contributed by atoms with Crippen LogP contribution in [0, 0.1) is 0 Å². The number of alkyl halides is 1. The van der Waals surface area contributed by atoms with Gasteiger partial charge < -0.3 is 0 Å². The van der Waals surface area contributed by atoms with E-state index in [9.17, 15) is 0 Å². The van der Waals surface area contributed by atoms with E-state index in [0.29, 0.717) is 10.0 Å². The number of halogens is 3. The largest absolute Gasteiger partial charge is 0.122 e. The van der Waals surface area contributed by atoms with Gasteiger partial charge in [-0.1, -0.05) is 49.2 Å². The van der Waals surface area contributed by atoms with Gasteiger partial charge in [-0.15, -0.1) is 11.6 Å². The van der Waals surface area contributed by atoms with Crippen molar-refractivity contribution < 1.29 is 0 Å². The van der Waals surface area contributed by atoms with Gasteiger partial charge in [-0.25, -0.2) is 0 Å². The van der Waals surface area contributed by atoms with Crippen molar-refractivity contribution in [3.8, 4) is 0 Å². The Morgan fingerprint density at radius 1 is 1.29 bits per heavy atom. The first-order valence-corrected chi connectivity index (χ1v) is 5.85. The topological polar surface area (TPSA) is 0 Å². The molecule has 0 aliphatic carbocycles. The molecule has 3 heteroatoms. The van der Waals surface area contributed by atoms with Crippen molar-refractivity contribution in [2.24, 2.45) is 0 Å². The van der Waals surface area contributed by atoms with E-state index in [0.717, 1.165) is 12.0 Å². The Morgan fingerprint density at radius 3 is 2.50 bits per heavy atom. The molecule has 0 N–H and O–H groups in total. The van der Waals surface area contributed by atoms with Crippen LogP contribution in [0.2, 0.25) is 10.0 Å². The standard InChI is InChI=1S/C11H13Cl3/c1-3-9(12)7(2)8-5-4-6-10(13)11(8)14/h4-7,9H,3H2,1-2H3. The van der Waals surface area contributed by atoms with Crippen molar-refractivity contribution in [1.29, 1.82) is 0 Å². The van der Waals surface area contributed by atoms with E-state index >= 15 is 0 Å². The highest BCUT2D eigenvalue weighted by atomic mass is 35.5. The van der Waals surface area contributed by atoms with E-state index in [2.05, 4.69) is 13.8 Å². The van der Waals surface area contributed by atoms with Crippen molar-refractivity contribution in [1.82, 2.24) is 0 Å². The lowest BCUT2D eigenvalue weighted by Crippen LogP contribution is -2.08. The lowest BCUT2D eigenvalue weighted by atomic mass is 9.96.